The van der Waals surface area contributed by atoms with Crippen LogP contribution in [0.5, 0.6) is 0 Å². The summed E-state index contributed by atoms with van der Waals surface area (Å²) in [5, 5.41) is 17.6. The third-order valence-electron chi connectivity index (χ3n) is 4.66. The molecular formula is C16H17F3N8O. The van der Waals surface area contributed by atoms with Crippen molar-refractivity contribution in [3.05, 3.63) is 30.2 Å². The molecule has 0 spiro atoms. The highest BCUT2D eigenvalue weighted by molar-refractivity contribution is 5.91. The average molecular weight is 394 g/mol. The van der Waals surface area contributed by atoms with Gasteiger partial charge in [0.1, 0.15) is 5.82 Å². The number of aromatic nitrogens is 6. The zero-order chi connectivity index (χ0) is 19.9. The smallest absolute Gasteiger partial charge is 0.355 e. The molecule has 1 N–H and O–H groups in total. The molecule has 0 aromatic carbocycles. The molecule has 4 heterocycles. The van der Waals surface area contributed by atoms with E-state index in [4.69, 9.17) is 0 Å². The number of hydrogen-bond acceptors (Lipinski definition) is 6. The van der Waals surface area contributed by atoms with E-state index in [9.17, 15) is 18.0 Å². The van der Waals surface area contributed by atoms with Gasteiger partial charge in [-0.25, -0.2) is 0 Å². The lowest BCUT2D eigenvalue weighted by Gasteiger charge is -2.31. The topological polar surface area (TPSA) is 93.2 Å². The van der Waals surface area contributed by atoms with Crippen molar-refractivity contribution in [1.29, 1.82) is 0 Å². The fourth-order valence-corrected chi connectivity index (χ4v) is 3.21. The molecule has 3 aromatic rings. The number of alkyl halides is 3. The molecule has 0 atom stereocenters. The Morgan fingerprint density at radius 3 is 2.54 bits per heavy atom. The number of rotatable bonds is 3. The summed E-state index contributed by atoms with van der Waals surface area (Å²) in [7, 11) is 1.76. The van der Waals surface area contributed by atoms with Gasteiger partial charge in [0, 0.05) is 38.3 Å². The highest BCUT2D eigenvalue weighted by Gasteiger charge is 2.38. The standard InChI is InChI=1S/C16H17F3N8O/c1-25-7-6-11(23-25)20-14(28)10-4-8-26(9-5-10)13-3-2-12-21-22-15(16(17,18)19)27(12)24-13/h2-3,6-7,10H,4-5,8-9H2,1H3,(H,20,23,28). The second-order valence-electron chi connectivity index (χ2n) is 6.61. The van der Waals surface area contributed by atoms with Crippen LogP contribution in [0.4, 0.5) is 24.8 Å². The van der Waals surface area contributed by atoms with E-state index >= 15 is 0 Å². The summed E-state index contributed by atoms with van der Waals surface area (Å²) >= 11 is 0. The third kappa shape index (κ3) is 3.49. The van der Waals surface area contributed by atoms with Crippen LogP contribution in [-0.2, 0) is 18.0 Å². The first kappa shape index (κ1) is 18.2. The van der Waals surface area contributed by atoms with Crippen LogP contribution in [0.15, 0.2) is 24.4 Å². The number of piperidine rings is 1. The van der Waals surface area contributed by atoms with Crippen LogP contribution in [0.25, 0.3) is 5.65 Å². The molecule has 9 nitrogen and oxygen atoms in total. The molecule has 0 radical (unpaired) electrons. The van der Waals surface area contributed by atoms with Crippen LogP contribution in [0.2, 0.25) is 0 Å². The Kier molecular flexibility index (Phi) is 4.40. The van der Waals surface area contributed by atoms with Crippen molar-refractivity contribution in [2.75, 3.05) is 23.3 Å². The number of carbonyl (C=O) groups excluding carboxylic acids is 1. The first-order chi connectivity index (χ1) is 13.3. The number of halogens is 3. The highest BCUT2D eigenvalue weighted by atomic mass is 19.4. The lowest BCUT2D eigenvalue weighted by molar-refractivity contribution is -0.146. The van der Waals surface area contributed by atoms with Crippen LogP contribution >= 0.6 is 0 Å². The zero-order valence-electron chi connectivity index (χ0n) is 14.9. The predicted octanol–water partition coefficient (Wildman–Crippen LogP) is 1.73. The lowest BCUT2D eigenvalue weighted by atomic mass is 9.96. The fraction of sp³-hybridized carbons (Fsp3) is 0.438. The number of hydrogen-bond donors (Lipinski definition) is 1. The van der Waals surface area contributed by atoms with Gasteiger partial charge < -0.3 is 10.2 Å². The second-order valence-corrected chi connectivity index (χ2v) is 6.61. The molecule has 0 aliphatic carbocycles. The first-order valence-corrected chi connectivity index (χ1v) is 8.66. The van der Waals surface area contributed by atoms with E-state index < -0.39 is 12.0 Å². The summed E-state index contributed by atoms with van der Waals surface area (Å²) in [6.07, 6.45) is -1.78. The van der Waals surface area contributed by atoms with Gasteiger partial charge >= 0.3 is 6.18 Å². The Hall–Kier alpha value is -3.18. The van der Waals surface area contributed by atoms with Crippen LogP contribution in [0.3, 0.4) is 0 Å². The van der Waals surface area contributed by atoms with Crippen molar-refractivity contribution in [1.82, 2.24) is 29.6 Å². The van der Waals surface area contributed by atoms with Crippen molar-refractivity contribution in [3.63, 3.8) is 0 Å². The van der Waals surface area contributed by atoms with Crippen molar-refractivity contribution in [3.8, 4) is 0 Å². The molecule has 28 heavy (non-hydrogen) atoms. The van der Waals surface area contributed by atoms with E-state index in [2.05, 4.69) is 25.7 Å². The summed E-state index contributed by atoms with van der Waals surface area (Å²) in [6.45, 7) is 1.00. The minimum Gasteiger partial charge on any atom is -0.355 e. The normalized spacial score (nSPS) is 15.9. The van der Waals surface area contributed by atoms with Gasteiger partial charge in [0.15, 0.2) is 11.5 Å². The minimum atomic E-state index is -4.64. The lowest BCUT2D eigenvalue weighted by Crippen LogP contribution is -2.38. The number of nitrogens with one attached hydrogen (secondary N) is 1. The van der Waals surface area contributed by atoms with Crippen LogP contribution < -0.4 is 10.2 Å². The zero-order valence-corrected chi connectivity index (χ0v) is 14.9. The third-order valence-corrected chi connectivity index (χ3v) is 4.66. The number of anilines is 2. The van der Waals surface area contributed by atoms with Gasteiger partial charge in [-0.3, -0.25) is 9.48 Å². The van der Waals surface area contributed by atoms with Crippen molar-refractivity contribution in [2.45, 2.75) is 19.0 Å². The van der Waals surface area contributed by atoms with Crippen molar-refractivity contribution >= 4 is 23.2 Å². The molecule has 0 bridgehead atoms. The molecular weight excluding hydrogens is 377 g/mol. The van der Waals surface area contributed by atoms with E-state index in [-0.39, 0.29) is 17.5 Å². The quantitative estimate of drug-likeness (QED) is 0.727. The summed E-state index contributed by atoms with van der Waals surface area (Å²) in [4.78, 5) is 14.2. The molecule has 1 aliphatic rings. The Morgan fingerprint density at radius 2 is 1.89 bits per heavy atom. The fourth-order valence-electron chi connectivity index (χ4n) is 3.21. The molecule has 148 valence electrons. The highest BCUT2D eigenvalue weighted by Crippen LogP contribution is 2.28. The Bertz CT molecular complexity index is 1000. The molecule has 4 rings (SSSR count). The van der Waals surface area contributed by atoms with E-state index in [1.54, 1.807) is 30.1 Å². The van der Waals surface area contributed by atoms with E-state index in [1.165, 1.54) is 6.07 Å². The van der Waals surface area contributed by atoms with Crippen molar-refractivity contribution in [2.24, 2.45) is 13.0 Å². The molecule has 1 fully saturated rings. The summed E-state index contributed by atoms with van der Waals surface area (Å²) in [5.41, 5.74) is 0.0284. The number of amides is 1. The number of carbonyl (C=O) groups is 1. The largest absolute Gasteiger partial charge is 0.453 e. The maximum atomic E-state index is 13.0. The molecule has 12 heteroatoms. The average Bonchev–Trinajstić information content (AvgIpc) is 3.27. The van der Waals surface area contributed by atoms with Crippen LogP contribution in [-0.4, -0.2) is 48.6 Å². The molecule has 1 aliphatic heterocycles. The van der Waals surface area contributed by atoms with Crippen molar-refractivity contribution < 1.29 is 18.0 Å². The monoisotopic (exact) mass is 394 g/mol. The summed E-state index contributed by atoms with van der Waals surface area (Å²) in [6, 6.07) is 4.77. The molecule has 1 saturated heterocycles. The van der Waals surface area contributed by atoms with Gasteiger partial charge in [-0.05, 0) is 25.0 Å². The molecule has 1 amide bonds. The van der Waals surface area contributed by atoms with Gasteiger partial charge in [-0.15, -0.1) is 15.3 Å². The molecule has 0 unspecified atom stereocenters. The Morgan fingerprint density at radius 1 is 1.14 bits per heavy atom. The van der Waals surface area contributed by atoms with Gasteiger partial charge in [-0.1, -0.05) is 0 Å². The number of fused-ring (bicyclic) bond motifs is 1. The Balaban J connectivity index is 1.44. The van der Waals surface area contributed by atoms with Crippen LogP contribution in [0.1, 0.15) is 18.7 Å². The molecule has 3 aromatic heterocycles. The number of nitrogens with zero attached hydrogens (tertiary/aromatic N) is 7. The van der Waals surface area contributed by atoms with Gasteiger partial charge in [0.25, 0.3) is 5.82 Å². The first-order valence-electron chi connectivity index (χ1n) is 8.66. The summed E-state index contributed by atoms with van der Waals surface area (Å²) < 4.78 is 41.4. The minimum absolute atomic E-state index is 0.0284. The maximum absolute atomic E-state index is 13.0. The van der Waals surface area contributed by atoms with E-state index in [0.29, 0.717) is 42.1 Å². The Labute approximate surface area is 157 Å². The van der Waals surface area contributed by atoms with Crippen LogP contribution in [0, 0.1) is 5.92 Å². The van der Waals surface area contributed by atoms with Gasteiger partial charge in [0.2, 0.25) is 5.91 Å². The molecule has 0 saturated carbocycles. The maximum Gasteiger partial charge on any atom is 0.453 e. The SMILES string of the molecule is Cn1ccc(NC(=O)C2CCN(c3ccc4nnc(C(F)(F)F)n4n3)CC2)n1. The number of aryl methyl sites for hydroxylation is 1. The van der Waals surface area contributed by atoms with E-state index in [1.807, 2.05) is 4.90 Å². The van der Waals surface area contributed by atoms with E-state index in [0.717, 1.165) is 0 Å². The predicted molar refractivity (Wildman–Crippen MR) is 92.6 cm³/mol. The van der Waals surface area contributed by atoms with Gasteiger partial charge in [0.05, 0.1) is 0 Å². The van der Waals surface area contributed by atoms with Gasteiger partial charge in [-0.2, -0.15) is 22.8 Å². The second kappa shape index (κ2) is 6.77. The summed E-state index contributed by atoms with van der Waals surface area (Å²) in [5.74, 6) is -0.577.